The number of hydrogen-bond acceptors (Lipinski definition) is 4. The highest BCUT2D eigenvalue weighted by molar-refractivity contribution is 5.54. The van der Waals surface area contributed by atoms with Crippen LogP contribution in [0.15, 0.2) is 41.7 Å². The highest BCUT2D eigenvalue weighted by atomic mass is 16.7. The van der Waals surface area contributed by atoms with Gasteiger partial charge in [0.2, 0.25) is 0 Å². The van der Waals surface area contributed by atoms with E-state index in [0.29, 0.717) is 0 Å². The van der Waals surface area contributed by atoms with Gasteiger partial charge in [-0.3, -0.25) is 4.99 Å². The van der Waals surface area contributed by atoms with Crippen molar-refractivity contribution in [2.24, 2.45) is 10.9 Å². The zero-order valence-corrected chi connectivity index (χ0v) is 12.9. The first kappa shape index (κ1) is 16.0. The molecule has 2 rings (SSSR count). The van der Waals surface area contributed by atoms with Gasteiger partial charge in [-0.15, -0.1) is 0 Å². The Morgan fingerprint density at radius 2 is 2.14 bits per heavy atom. The minimum absolute atomic E-state index is 0.210. The summed E-state index contributed by atoms with van der Waals surface area (Å²) in [5.74, 6) is 0.750. The third-order valence-corrected chi connectivity index (χ3v) is 4.00. The van der Waals surface area contributed by atoms with Gasteiger partial charge in [0.1, 0.15) is 6.54 Å². The number of aliphatic imine (C=N–C) groups is 1. The van der Waals surface area contributed by atoms with Crippen LogP contribution in [0.1, 0.15) is 25.3 Å². The summed E-state index contributed by atoms with van der Waals surface area (Å²) in [6, 6.07) is 7.88. The van der Waals surface area contributed by atoms with Crippen molar-refractivity contribution in [3.8, 4) is 0 Å². The van der Waals surface area contributed by atoms with Crippen molar-refractivity contribution in [3.05, 3.63) is 52.3 Å². The van der Waals surface area contributed by atoms with E-state index in [0.717, 1.165) is 48.1 Å². The fourth-order valence-electron chi connectivity index (χ4n) is 2.67. The summed E-state index contributed by atoms with van der Waals surface area (Å²) in [6.45, 7) is 7.78. The minimum Gasteiger partial charge on any atom is -0.371 e. The molecule has 1 aromatic rings. The van der Waals surface area contributed by atoms with Gasteiger partial charge in [0.15, 0.2) is 5.03 Å². The molecule has 1 fully saturated rings. The molecule has 6 nitrogen and oxygen atoms in total. The average molecular weight is 302 g/mol. The Hall–Kier alpha value is -2.37. The molecule has 0 amide bonds. The summed E-state index contributed by atoms with van der Waals surface area (Å²) >= 11 is 0. The van der Waals surface area contributed by atoms with Gasteiger partial charge in [0.25, 0.3) is 0 Å². The molecule has 22 heavy (non-hydrogen) atoms. The molecule has 1 saturated heterocycles. The Bertz CT molecular complexity index is 551. The molecule has 1 aliphatic rings. The molecule has 0 radical (unpaired) electrons. The van der Waals surface area contributed by atoms with E-state index in [2.05, 4.69) is 23.5 Å². The van der Waals surface area contributed by atoms with Crippen LogP contribution in [0.5, 0.6) is 0 Å². The maximum Gasteiger partial charge on any atom is 0.164 e. The predicted molar refractivity (Wildman–Crippen MR) is 88.3 cm³/mol. The average Bonchev–Trinajstić information content (AvgIpc) is 2.52. The second kappa shape index (κ2) is 7.59. The first-order valence-corrected chi connectivity index (χ1v) is 7.48. The van der Waals surface area contributed by atoms with E-state index in [4.69, 9.17) is 0 Å². The van der Waals surface area contributed by atoms with Crippen LogP contribution in [0.4, 0.5) is 5.69 Å². The number of nitrogens with zero attached hydrogens (tertiary/aromatic N) is 4. The van der Waals surface area contributed by atoms with Crippen LogP contribution in [-0.2, 0) is 6.54 Å². The Morgan fingerprint density at radius 1 is 1.45 bits per heavy atom. The molecule has 0 unspecified atom stereocenters. The molecule has 1 heterocycles. The molecule has 0 spiro atoms. The van der Waals surface area contributed by atoms with Crippen molar-refractivity contribution in [2.75, 3.05) is 18.0 Å². The van der Waals surface area contributed by atoms with Gasteiger partial charge in [0, 0.05) is 30.5 Å². The highest BCUT2D eigenvalue weighted by Gasteiger charge is 2.20. The van der Waals surface area contributed by atoms with Gasteiger partial charge in [-0.05, 0) is 31.5 Å². The van der Waals surface area contributed by atoms with Crippen LogP contribution < -0.4 is 4.90 Å². The third kappa shape index (κ3) is 4.07. The van der Waals surface area contributed by atoms with E-state index in [9.17, 15) is 10.1 Å². The minimum atomic E-state index is -0.434. The summed E-state index contributed by atoms with van der Waals surface area (Å²) in [6.07, 6.45) is 4.98. The number of anilines is 1. The summed E-state index contributed by atoms with van der Waals surface area (Å²) in [5.41, 5.74) is 2.03. The molecule has 0 N–H and O–H groups in total. The molecular weight excluding hydrogens is 280 g/mol. The lowest BCUT2D eigenvalue weighted by atomic mass is 9.98. The molecule has 1 aliphatic heterocycles. The van der Waals surface area contributed by atoms with Crippen molar-refractivity contribution < 1.29 is 5.03 Å². The number of piperidine rings is 1. The molecule has 0 atom stereocenters. The van der Waals surface area contributed by atoms with Gasteiger partial charge in [0.05, 0.1) is 6.20 Å². The monoisotopic (exact) mass is 302 g/mol. The number of nitro groups is 1. The highest BCUT2D eigenvalue weighted by Crippen LogP contribution is 2.27. The number of rotatable bonds is 6. The largest absolute Gasteiger partial charge is 0.371 e. The number of benzene rings is 1. The molecule has 6 heteroatoms. The molecule has 1 aromatic carbocycles. The second-order valence-electron chi connectivity index (χ2n) is 5.61. The van der Waals surface area contributed by atoms with Crippen LogP contribution in [-0.4, -0.2) is 29.8 Å². The van der Waals surface area contributed by atoms with E-state index in [1.807, 2.05) is 24.3 Å². The molecule has 0 bridgehead atoms. The molecule has 0 saturated carbocycles. The normalized spacial score (nSPS) is 16.0. The van der Waals surface area contributed by atoms with Crippen LogP contribution in [0.2, 0.25) is 0 Å². The van der Waals surface area contributed by atoms with E-state index in [1.165, 1.54) is 12.4 Å². The summed E-state index contributed by atoms with van der Waals surface area (Å²) in [4.78, 5) is 17.0. The molecular formula is C16H22N4O2. The van der Waals surface area contributed by atoms with Crippen LogP contribution in [0.3, 0.4) is 0 Å². The van der Waals surface area contributed by atoms with E-state index < -0.39 is 5.03 Å². The summed E-state index contributed by atoms with van der Waals surface area (Å²) in [7, 11) is 0. The zero-order chi connectivity index (χ0) is 15.9. The maximum absolute atomic E-state index is 11.1. The van der Waals surface area contributed by atoms with Crippen LogP contribution >= 0.6 is 0 Å². The smallest absolute Gasteiger partial charge is 0.164 e. The SMILES string of the molecule is C=N/C=C\N(Cc1ccccc1N1CCC(C)CC1)[N+](=O)[O-]. The Kier molecular flexibility index (Phi) is 5.52. The number of hydrogen-bond donors (Lipinski definition) is 0. The predicted octanol–water partition coefficient (Wildman–Crippen LogP) is 3.09. The van der Waals surface area contributed by atoms with Crippen molar-refractivity contribution >= 4 is 12.4 Å². The van der Waals surface area contributed by atoms with Gasteiger partial charge in [-0.1, -0.05) is 30.1 Å². The van der Waals surface area contributed by atoms with Crippen LogP contribution in [0.25, 0.3) is 0 Å². The van der Waals surface area contributed by atoms with Gasteiger partial charge >= 0.3 is 0 Å². The summed E-state index contributed by atoms with van der Waals surface area (Å²) in [5, 5.41) is 11.7. The quantitative estimate of drug-likeness (QED) is 0.460. The fraction of sp³-hybridized carbons (Fsp3) is 0.438. The van der Waals surface area contributed by atoms with E-state index in [-0.39, 0.29) is 6.54 Å². The van der Waals surface area contributed by atoms with Gasteiger partial charge in [-0.25, -0.2) is 10.1 Å². The maximum atomic E-state index is 11.1. The standard InChI is InChI=1S/C16H22N4O2/c1-14-7-10-18(11-8-14)16-6-4-3-5-15(16)13-19(20(21)22)12-9-17-2/h3-6,9,12,14H,2,7-8,10-11,13H2,1H3/b12-9-. The second-order valence-corrected chi connectivity index (χ2v) is 5.61. The molecule has 118 valence electrons. The van der Waals surface area contributed by atoms with Crippen LogP contribution in [0, 0.1) is 16.0 Å². The lowest BCUT2D eigenvalue weighted by molar-refractivity contribution is -0.643. The Labute approximate surface area is 130 Å². The van der Waals surface area contributed by atoms with E-state index in [1.54, 1.807) is 0 Å². The van der Waals surface area contributed by atoms with Gasteiger partial charge < -0.3 is 4.90 Å². The van der Waals surface area contributed by atoms with Crippen molar-refractivity contribution in [3.63, 3.8) is 0 Å². The Morgan fingerprint density at radius 3 is 2.77 bits per heavy atom. The van der Waals surface area contributed by atoms with Crippen molar-refractivity contribution in [2.45, 2.75) is 26.3 Å². The summed E-state index contributed by atoms with van der Waals surface area (Å²) < 4.78 is 0. The van der Waals surface area contributed by atoms with E-state index >= 15 is 0 Å². The first-order chi connectivity index (χ1) is 10.6. The lowest BCUT2D eigenvalue weighted by Gasteiger charge is -2.33. The Balaban J connectivity index is 2.18. The van der Waals surface area contributed by atoms with Gasteiger partial charge in [-0.2, -0.15) is 0 Å². The molecule has 0 aliphatic carbocycles. The van der Waals surface area contributed by atoms with Crippen molar-refractivity contribution in [1.82, 2.24) is 5.01 Å². The zero-order valence-electron chi connectivity index (χ0n) is 12.9. The molecule has 0 aromatic heterocycles. The number of para-hydroxylation sites is 1. The van der Waals surface area contributed by atoms with Crippen molar-refractivity contribution in [1.29, 1.82) is 0 Å². The number of hydrazine groups is 1. The lowest BCUT2D eigenvalue weighted by Crippen LogP contribution is -2.34. The first-order valence-electron chi connectivity index (χ1n) is 7.48. The third-order valence-electron chi connectivity index (χ3n) is 4.00. The fourth-order valence-corrected chi connectivity index (χ4v) is 2.67. The topological polar surface area (TPSA) is 62.0 Å².